The predicted molar refractivity (Wildman–Crippen MR) is 72.8 cm³/mol. The first-order valence-electron chi connectivity index (χ1n) is 5.61. The Morgan fingerprint density at radius 3 is 2.53 bits per heavy atom. The van der Waals surface area contributed by atoms with Crippen LogP contribution in [0.15, 0.2) is 30.3 Å². The summed E-state index contributed by atoms with van der Waals surface area (Å²) in [6.45, 7) is 1.87. The summed E-state index contributed by atoms with van der Waals surface area (Å²) in [6, 6.07) is 9.66. The van der Waals surface area contributed by atoms with Crippen LogP contribution in [0.4, 0.5) is 5.13 Å². The number of carboxylic acid groups (broad SMARTS) is 1. The van der Waals surface area contributed by atoms with Crippen molar-refractivity contribution in [2.24, 2.45) is 0 Å². The van der Waals surface area contributed by atoms with Crippen LogP contribution in [-0.4, -0.2) is 21.8 Å². The monoisotopic (exact) mass is 276 g/mol. The fourth-order valence-corrected chi connectivity index (χ4v) is 2.40. The molecule has 0 aliphatic heterocycles. The Labute approximate surface area is 113 Å². The number of Topliss-reactive ketones (excluding diaryl/α,β-unsaturated/α-hetero) is 1. The van der Waals surface area contributed by atoms with Crippen LogP contribution in [0.25, 0.3) is 0 Å². The van der Waals surface area contributed by atoms with E-state index in [4.69, 9.17) is 5.11 Å². The molecule has 1 aromatic heterocycles. The summed E-state index contributed by atoms with van der Waals surface area (Å²) >= 11 is 1.06. The number of benzene rings is 1. The summed E-state index contributed by atoms with van der Waals surface area (Å²) in [5, 5.41) is 12.4. The zero-order valence-electron chi connectivity index (χ0n) is 10.2. The maximum absolute atomic E-state index is 11.3. The minimum atomic E-state index is -1.19. The van der Waals surface area contributed by atoms with E-state index in [0.717, 1.165) is 16.9 Å². The zero-order chi connectivity index (χ0) is 13.8. The molecule has 0 fully saturated rings. The molecule has 1 aromatic carbocycles. The Morgan fingerprint density at radius 1 is 1.32 bits per heavy atom. The van der Waals surface area contributed by atoms with Crippen LogP contribution in [0, 0.1) is 0 Å². The third-order valence-corrected chi connectivity index (χ3v) is 3.55. The summed E-state index contributed by atoms with van der Waals surface area (Å²) in [7, 11) is 0. The van der Waals surface area contributed by atoms with Gasteiger partial charge in [-0.15, -0.1) is 0 Å². The number of thiazole rings is 1. The summed E-state index contributed by atoms with van der Waals surface area (Å²) in [4.78, 5) is 26.4. The number of hydrogen-bond acceptors (Lipinski definition) is 5. The van der Waals surface area contributed by atoms with Crippen molar-refractivity contribution in [2.45, 2.75) is 13.5 Å². The average molecular weight is 276 g/mol. The van der Waals surface area contributed by atoms with Gasteiger partial charge in [-0.25, -0.2) is 9.78 Å². The summed E-state index contributed by atoms with van der Waals surface area (Å²) < 4.78 is 0. The number of aromatic carboxylic acids is 1. The van der Waals surface area contributed by atoms with Gasteiger partial charge in [0.1, 0.15) is 4.88 Å². The van der Waals surface area contributed by atoms with E-state index in [1.165, 1.54) is 6.92 Å². The van der Waals surface area contributed by atoms with Crippen LogP contribution in [0.3, 0.4) is 0 Å². The lowest BCUT2D eigenvalue weighted by Gasteiger charge is -2.01. The number of nitrogens with one attached hydrogen (secondary N) is 1. The maximum atomic E-state index is 11.3. The van der Waals surface area contributed by atoms with E-state index in [1.807, 2.05) is 30.3 Å². The lowest BCUT2D eigenvalue weighted by atomic mass is 10.2. The molecule has 0 saturated heterocycles. The van der Waals surface area contributed by atoms with Gasteiger partial charge in [0, 0.05) is 13.5 Å². The van der Waals surface area contributed by atoms with Crippen LogP contribution in [0.2, 0.25) is 0 Å². The number of rotatable bonds is 5. The number of hydrogen-bond donors (Lipinski definition) is 2. The van der Waals surface area contributed by atoms with Gasteiger partial charge >= 0.3 is 5.97 Å². The topological polar surface area (TPSA) is 79.3 Å². The van der Waals surface area contributed by atoms with Crippen molar-refractivity contribution >= 4 is 28.2 Å². The van der Waals surface area contributed by atoms with Crippen molar-refractivity contribution in [2.75, 3.05) is 5.32 Å². The van der Waals surface area contributed by atoms with E-state index in [0.29, 0.717) is 11.7 Å². The largest absolute Gasteiger partial charge is 0.476 e. The van der Waals surface area contributed by atoms with Gasteiger partial charge in [0.25, 0.3) is 0 Å². The highest BCUT2D eigenvalue weighted by atomic mass is 32.1. The number of nitrogens with zero attached hydrogens (tertiary/aromatic N) is 1. The Balaban J connectivity index is 2.15. The number of ketones is 1. The predicted octanol–water partition coefficient (Wildman–Crippen LogP) is 2.66. The van der Waals surface area contributed by atoms with E-state index in [2.05, 4.69) is 10.3 Å². The molecule has 5 nitrogen and oxygen atoms in total. The molecule has 0 saturated carbocycles. The number of carboxylic acids is 1. The molecule has 0 radical (unpaired) electrons. The van der Waals surface area contributed by atoms with Gasteiger partial charge in [-0.1, -0.05) is 41.7 Å². The van der Waals surface area contributed by atoms with Gasteiger partial charge in [0.05, 0.1) is 0 Å². The Morgan fingerprint density at radius 2 is 2.00 bits per heavy atom. The average Bonchev–Trinajstić information content (AvgIpc) is 2.82. The minimum absolute atomic E-state index is 0.170. The third-order valence-electron chi connectivity index (χ3n) is 2.44. The second kappa shape index (κ2) is 5.62. The van der Waals surface area contributed by atoms with Gasteiger partial charge in [0.15, 0.2) is 16.6 Å². The Bertz CT molecular complexity index is 576. The molecule has 2 N–H and O–H groups in total. The van der Waals surface area contributed by atoms with Gasteiger partial charge in [0.2, 0.25) is 0 Å². The van der Waals surface area contributed by atoms with E-state index < -0.39 is 5.97 Å². The highest BCUT2D eigenvalue weighted by molar-refractivity contribution is 7.17. The van der Waals surface area contributed by atoms with E-state index in [9.17, 15) is 9.59 Å². The number of carbonyl (C=O) groups is 2. The molecule has 0 unspecified atom stereocenters. The first kappa shape index (κ1) is 13.2. The number of anilines is 1. The van der Waals surface area contributed by atoms with Gasteiger partial charge in [-0.2, -0.15) is 0 Å². The summed E-state index contributed by atoms with van der Waals surface area (Å²) in [6.07, 6.45) is 0. The van der Waals surface area contributed by atoms with E-state index >= 15 is 0 Å². The lowest BCUT2D eigenvalue weighted by molar-refractivity contribution is 0.0687. The smallest absolute Gasteiger partial charge is 0.356 e. The molecule has 98 valence electrons. The van der Waals surface area contributed by atoms with Crippen molar-refractivity contribution < 1.29 is 14.7 Å². The van der Waals surface area contributed by atoms with Gasteiger partial charge < -0.3 is 10.4 Å². The summed E-state index contributed by atoms with van der Waals surface area (Å²) in [5.41, 5.74) is 0.868. The number of aromatic nitrogens is 1. The number of carbonyl (C=O) groups excluding carboxylic acids is 1. The quantitative estimate of drug-likeness (QED) is 0.821. The standard InChI is InChI=1S/C13H12N2O3S/c1-8(16)11-10(12(17)18)15-13(19-11)14-7-9-5-3-2-4-6-9/h2-6H,7H2,1H3,(H,14,15)(H,17,18). The molecule has 6 heteroatoms. The second-order valence-corrected chi connectivity index (χ2v) is 4.90. The first-order chi connectivity index (χ1) is 9.08. The van der Waals surface area contributed by atoms with Crippen LogP contribution >= 0.6 is 11.3 Å². The molecule has 2 aromatic rings. The first-order valence-corrected chi connectivity index (χ1v) is 6.42. The normalized spacial score (nSPS) is 10.2. The fourth-order valence-electron chi connectivity index (χ4n) is 1.55. The van der Waals surface area contributed by atoms with Gasteiger partial charge in [-0.3, -0.25) is 4.79 Å². The highest BCUT2D eigenvalue weighted by Gasteiger charge is 2.20. The molecule has 1 heterocycles. The van der Waals surface area contributed by atoms with Crippen LogP contribution in [-0.2, 0) is 6.54 Å². The molecule has 0 aliphatic rings. The molecule has 0 spiro atoms. The maximum Gasteiger partial charge on any atom is 0.356 e. The molecule has 19 heavy (non-hydrogen) atoms. The fraction of sp³-hybridized carbons (Fsp3) is 0.154. The minimum Gasteiger partial charge on any atom is -0.476 e. The Hall–Kier alpha value is -2.21. The molecule has 0 amide bonds. The van der Waals surface area contributed by atoms with Crippen LogP contribution in [0.5, 0.6) is 0 Å². The van der Waals surface area contributed by atoms with Gasteiger partial charge in [-0.05, 0) is 5.56 Å². The molecular formula is C13H12N2O3S. The highest BCUT2D eigenvalue weighted by Crippen LogP contribution is 2.24. The second-order valence-electron chi connectivity index (χ2n) is 3.90. The van der Waals surface area contributed by atoms with Crippen LogP contribution < -0.4 is 5.32 Å². The molecule has 0 aliphatic carbocycles. The summed E-state index contributed by atoms with van der Waals surface area (Å²) in [5.74, 6) is -1.48. The lowest BCUT2D eigenvalue weighted by Crippen LogP contribution is -2.04. The van der Waals surface area contributed by atoms with E-state index in [-0.39, 0.29) is 16.4 Å². The molecule has 0 bridgehead atoms. The van der Waals surface area contributed by atoms with Crippen molar-refractivity contribution in [3.05, 3.63) is 46.5 Å². The van der Waals surface area contributed by atoms with Crippen molar-refractivity contribution in [3.63, 3.8) is 0 Å². The van der Waals surface area contributed by atoms with Crippen molar-refractivity contribution in [3.8, 4) is 0 Å². The third kappa shape index (κ3) is 3.17. The molecule has 0 atom stereocenters. The molecular weight excluding hydrogens is 264 g/mol. The SMILES string of the molecule is CC(=O)c1sc(NCc2ccccc2)nc1C(=O)O. The molecule has 2 rings (SSSR count). The van der Waals surface area contributed by atoms with Crippen molar-refractivity contribution in [1.82, 2.24) is 4.98 Å². The van der Waals surface area contributed by atoms with E-state index in [1.54, 1.807) is 0 Å². The van der Waals surface area contributed by atoms with Crippen LogP contribution in [0.1, 0.15) is 32.6 Å². The zero-order valence-corrected chi connectivity index (χ0v) is 11.0. The van der Waals surface area contributed by atoms with Crippen molar-refractivity contribution in [1.29, 1.82) is 0 Å². The Kier molecular flexibility index (Phi) is 3.91.